The molecule has 208 valence electrons. The van der Waals surface area contributed by atoms with Crippen molar-refractivity contribution in [3.8, 4) is 0 Å². The molecule has 1 saturated heterocycles. The van der Waals surface area contributed by atoms with Gasteiger partial charge in [0.25, 0.3) is 5.91 Å². The minimum Gasteiger partial charge on any atom is -0.449 e. The third kappa shape index (κ3) is 7.99. The first-order chi connectivity index (χ1) is 18.8. The molecule has 12 nitrogen and oxygen atoms in total. The number of ether oxygens (including phenoxy) is 2. The summed E-state index contributed by atoms with van der Waals surface area (Å²) in [5.74, 6) is -2.43. The van der Waals surface area contributed by atoms with E-state index in [2.05, 4.69) is 26.3 Å². The topological polar surface area (TPSA) is 151 Å². The van der Waals surface area contributed by atoms with Crippen LogP contribution in [0.5, 0.6) is 0 Å². The van der Waals surface area contributed by atoms with Gasteiger partial charge in [-0.25, -0.2) is 18.4 Å². The van der Waals surface area contributed by atoms with E-state index >= 15 is 0 Å². The Morgan fingerprint density at radius 3 is 2.56 bits per heavy atom. The fourth-order valence-corrected chi connectivity index (χ4v) is 3.66. The molecule has 4 N–H and O–H groups in total. The normalized spacial score (nSPS) is 16.3. The van der Waals surface area contributed by atoms with E-state index in [1.54, 1.807) is 12.1 Å². The number of alkyl carbamates (subject to hydrolysis) is 1. The molecule has 4 rings (SSSR count). The molecule has 2 aliphatic rings. The lowest BCUT2D eigenvalue weighted by molar-refractivity contribution is -0.120. The third-order valence-corrected chi connectivity index (χ3v) is 5.92. The Kier molecular flexibility index (Phi) is 9.07. The van der Waals surface area contributed by atoms with Gasteiger partial charge >= 0.3 is 12.2 Å². The van der Waals surface area contributed by atoms with Crippen LogP contribution in [0.25, 0.3) is 0 Å². The zero-order valence-electron chi connectivity index (χ0n) is 20.9. The van der Waals surface area contributed by atoms with E-state index in [9.17, 15) is 28.0 Å². The Labute approximate surface area is 222 Å². The van der Waals surface area contributed by atoms with E-state index in [0.717, 1.165) is 29.9 Å². The van der Waals surface area contributed by atoms with Gasteiger partial charge < -0.3 is 30.7 Å². The summed E-state index contributed by atoms with van der Waals surface area (Å²) in [6, 6.07) is 5.11. The molecule has 1 aromatic heterocycles. The summed E-state index contributed by atoms with van der Waals surface area (Å²) in [4.78, 5) is 52.7. The van der Waals surface area contributed by atoms with Crippen LogP contribution in [-0.2, 0) is 14.3 Å². The highest BCUT2D eigenvalue weighted by atomic mass is 19.1. The van der Waals surface area contributed by atoms with Gasteiger partial charge in [0.05, 0.1) is 37.5 Å². The molecule has 1 aromatic carbocycles. The van der Waals surface area contributed by atoms with E-state index in [1.807, 2.05) is 0 Å². The Morgan fingerprint density at radius 2 is 1.87 bits per heavy atom. The quantitative estimate of drug-likeness (QED) is 0.294. The van der Waals surface area contributed by atoms with Crippen molar-refractivity contribution in [3.63, 3.8) is 0 Å². The average Bonchev–Trinajstić information content (AvgIpc) is 3.68. The van der Waals surface area contributed by atoms with Gasteiger partial charge in [0.2, 0.25) is 5.91 Å². The highest BCUT2D eigenvalue weighted by Gasteiger charge is 2.34. The summed E-state index contributed by atoms with van der Waals surface area (Å²) in [5.41, 5.74) is -0.168. The number of amides is 4. The number of halogens is 2. The third-order valence-electron chi connectivity index (χ3n) is 5.92. The molecule has 39 heavy (non-hydrogen) atoms. The molecule has 2 heterocycles. The van der Waals surface area contributed by atoms with Crippen molar-refractivity contribution >= 4 is 35.4 Å². The van der Waals surface area contributed by atoms with Gasteiger partial charge in [-0.15, -0.1) is 0 Å². The molecule has 14 heteroatoms. The zero-order valence-corrected chi connectivity index (χ0v) is 20.9. The second-order valence-corrected chi connectivity index (χ2v) is 9.02. The van der Waals surface area contributed by atoms with Crippen LogP contribution in [-0.4, -0.2) is 74.4 Å². The second kappa shape index (κ2) is 12.8. The largest absolute Gasteiger partial charge is 0.449 e. The van der Waals surface area contributed by atoms with Crippen molar-refractivity contribution < 1.29 is 37.4 Å². The predicted octanol–water partition coefficient (Wildman–Crippen LogP) is 1.78. The van der Waals surface area contributed by atoms with Gasteiger partial charge in [0.15, 0.2) is 11.6 Å². The fourth-order valence-electron chi connectivity index (χ4n) is 3.66. The number of aromatic nitrogens is 1. The number of nitrogens with zero attached hydrogens (tertiary/aromatic N) is 2. The second-order valence-electron chi connectivity index (χ2n) is 9.02. The van der Waals surface area contributed by atoms with E-state index in [-0.39, 0.29) is 38.4 Å². The number of hydrogen-bond acceptors (Lipinski definition) is 8. The Balaban J connectivity index is 1.19. The van der Waals surface area contributed by atoms with E-state index in [1.165, 1.54) is 12.4 Å². The summed E-state index contributed by atoms with van der Waals surface area (Å²) in [5, 5.41) is 10.0. The van der Waals surface area contributed by atoms with E-state index in [4.69, 9.17) is 9.47 Å². The Hall–Kier alpha value is -4.49. The average molecular weight is 547 g/mol. The van der Waals surface area contributed by atoms with Crippen LogP contribution in [0.1, 0.15) is 23.2 Å². The first-order valence-corrected chi connectivity index (χ1v) is 12.4. The number of pyridine rings is 1. The minimum absolute atomic E-state index is 0.00475. The van der Waals surface area contributed by atoms with Crippen LogP contribution in [0.2, 0.25) is 0 Å². The molecule has 2 aromatic rings. The zero-order chi connectivity index (χ0) is 27.8. The lowest BCUT2D eigenvalue weighted by Crippen LogP contribution is -2.38. The maximum absolute atomic E-state index is 14.7. The number of carbonyl (C=O) groups excluding carboxylic acids is 4. The van der Waals surface area contributed by atoms with Crippen molar-refractivity contribution in [2.45, 2.75) is 18.9 Å². The van der Waals surface area contributed by atoms with Crippen molar-refractivity contribution in [2.24, 2.45) is 5.92 Å². The maximum atomic E-state index is 14.7. The summed E-state index contributed by atoms with van der Waals surface area (Å²) in [7, 11) is 0. The van der Waals surface area contributed by atoms with Gasteiger partial charge in [-0.3, -0.25) is 19.5 Å². The number of benzene rings is 1. The molecular formula is C25H28F2N6O6. The number of hydrogen-bond donors (Lipinski definition) is 4. The number of cyclic esters (lactones) is 1. The predicted molar refractivity (Wildman–Crippen MR) is 134 cm³/mol. The number of nitrogens with one attached hydrogen (secondary N) is 4. The molecular weight excluding hydrogens is 518 g/mol. The van der Waals surface area contributed by atoms with Gasteiger partial charge in [-0.2, -0.15) is 0 Å². The number of anilines is 2. The minimum atomic E-state index is -0.946. The van der Waals surface area contributed by atoms with Crippen molar-refractivity contribution in [3.05, 3.63) is 53.9 Å². The highest BCUT2D eigenvalue weighted by Crippen LogP contribution is 2.29. The van der Waals surface area contributed by atoms with Crippen LogP contribution in [0, 0.1) is 17.6 Å². The van der Waals surface area contributed by atoms with Crippen LogP contribution >= 0.6 is 0 Å². The Bertz CT molecular complexity index is 1190. The first-order valence-electron chi connectivity index (χ1n) is 12.4. The first kappa shape index (κ1) is 27.5. The standard InChI is InChI=1S/C25H28F2N6O6/c26-19-8-17(33-13-18(39-25(33)37)11-32-24(36)38-14-15-3-4-15)9-20(27)22(19)30-7-6-29-21(34)12-31-23(35)16-2-1-5-28-10-16/h1-2,5,8-10,15,18,30H,3-4,6-7,11-14H2,(H,29,34)(H,31,35)(H,32,36)/t18-/m0/s1. The number of rotatable bonds is 12. The summed E-state index contributed by atoms with van der Waals surface area (Å²) >= 11 is 0. The van der Waals surface area contributed by atoms with Crippen LogP contribution < -0.4 is 26.2 Å². The fraction of sp³-hybridized carbons (Fsp3) is 0.400. The molecule has 4 amide bonds. The van der Waals surface area contributed by atoms with Crippen molar-refractivity contribution in [2.75, 3.05) is 49.5 Å². The summed E-state index contributed by atoms with van der Waals surface area (Å²) < 4.78 is 39.5. The van der Waals surface area contributed by atoms with Crippen LogP contribution in [0.15, 0.2) is 36.7 Å². The van der Waals surface area contributed by atoms with Crippen molar-refractivity contribution in [1.82, 2.24) is 20.9 Å². The number of carbonyl (C=O) groups is 4. The molecule has 0 bridgehead atoms. The highest BCUT2D eigenvalue weighted by molar-refractivity contribution is 5.96. The maximum Gasteiger partial charge on any atom is 0.414 e. The Morgan fingerprint density at radius 1 is 1.10 bits per heavy atom. The van der Waals surface area contributed by atoms with E-state index in [0.29, 0.717) is 18.1 Å². The van der Waals surface area contributed by atoms with Gasteiger partial charge in [0, 0.05) is 37.6 Å². The van der Waals surface area contributed by atoms with Gasteiger partial charge in [-0.1, -0.05) is 0 Å². The van der Waals surface area contributed by atoms with Crippen LogP contribution in [0.4, 0.5) is 29.7 Å². The molecule has 1 atom stereocenters. The summed E-state index contributed by atoms with van der Waals surface area (Å²) in [6.07, 6.45) is 2.82. The molecule has 1 aliphatic heterocycles. The lowest BCUT2D eigenvalue weighted by Gasteiger charge is -2.16. The SMILES string of the molecule is O=C(CNC(=O)c1cccnc1)NCCNc1c(F)cc(N2C[C@H](CNC(=O)OCC3CC3)OC2=O)cc1F. The smallest absolute Gasteiger partial charge is 0.414 e. The molecule has 0 spiro atoms. The molecule has 1 saturated carbocycles. The lowest BCUT2D eigenvalue weighted by atomic mass is 10.2. The molecule has 0 unspecified atom stereocenters. The van der Waals surface area contributed by atoms with E-state index < -0.39 is 47.4 Å². The van der Waals surface area contributed by atoms with Gasteiger partial charge in [0.1, 0.15) is 11.8 Å². The molecule has 1 aliphatic carbocycles. The molecule has 0 radical (unpaired) electrons. The monoisotopic (exact) mass is 546 g/mol. The molecule has 2 fully saturated rings. The summed E-state index contributed by atoms with van der Waals surface area (Å²) in [6.45, 7) is 0.0598. The van der Waals surface area contributed by atoms with Crippen LogP contribution in [0.3, 0.4) is 0 Å². The van der Waals surface area contributed by atoms with Crippen molar-refractivity contribution in [1.29, 1.82) is 0 Å². The van der Waals surface area contributed by atoms with Gasteiger partial charge in [-0.05, 0) is 30.9 Å².